The minimum atomic E-state index is -1.02. The first-order valence-electron chi connectivity index (χ1n) is 7.85. The fraction of sp³-hybridized carbons (Fsp3) is 0.100. The fourth-order valence-corrected chi connectivity index (χ4v) is 2.58. The highest BCUT2D eigenvalue weighted by Crippen LogP contribution is 2.37. The summed E-state index contributed by atoms with van der Waals surface area (Å²) < 4.78 is 12.7. The van der Waals surface area contributed by atoms with Crippen molar-refractivity contribution in [2.24, 2.45) is 7.05 Å². The molecule has 0 saturated heterocycles. The molecular formula is C20H17NO5. The normalized spacial score (nSPS) is 10.4. The summed E-state index contributed by atoms with van der Waals surface area (Å²) in [6.45, 7) is 0. The number of aryl methyl sites for hydroxylation is 1. The summed E-state index contributed by atoms with van der Waals surface area (Å²) in [4.78, 5) is 23.0. The number of carboxylic acids is 1. The van der Waals surface area contributed by atoms with E-state index in [1.54, 1.807) is 31.4 Å². The van der Waals surface area contributed by atoms with Crippen LogP contribution in [-0.4, -0.2) is 22.8 Å². The average Bonchev–Trinajstić information content (AvgIpc) is 2.64. The Labute approximate surface area is 149 Å². The third-order valence-electron chi connectivity index (χ3n) is 3.90. The number of rotatable bonds is 5. The highest BCUT2D eigenvalue weighted by Gasteiger charge is 2.14. The van der Waals surface area contributed by atoms with Gasteiger partial charge < -0.3 is 19.1 Å². The maximum atomic E-state index is 11.9. The van der Waals surface area contributed by atoms with Crippen molar-refractivity contribution in [3.8, 4) is 28.4 Å². The Bertz CT molecular complexity index is 1020. The summed E-state index contributed by atoms with van der Waals surface area (Å²) in [7, 11) is 3.16. The van der Waals surface area contributed by atoms with E-state index in [1.165, 1.54) is 29.9 Å². The summed E-state index contributed by atoms with van der Waals surface area (Å²) in [5.74, 6) is 0.333. The van der Waals surface area contributed by atoms with Gasteiger partial charge in [-0.3, -0.25) is 4.79 Å². The number of hydrogen-bond acceptors (Lipinski definition) is 4. The Morgan fingerprint density at radius 1 is 1.00 bits per heavy atom. The topological polar surface area (TPSA) is 77.8 Å². The van der Waals surface area contributed by atoms with Crippen LogP contribution in [0, 0.1) is 0 Å². The predicted molar refractivity (Wildman–Crippen MR) is 97.1 cm³/mol. The van der Waals surface area contributed by atoms with Gasteiger partial charge in [-0.05, 0) is 24.3 Å². The van der Waals surface area contributed by atoms with Crippen LogP contribution in [0.15, 0.2) is 65.6 Å². The van der Waals surface area contributed by atoms with Crippen LogP contribution < -0.4 is 15.0 Å². The molecular weight excluding hydrogens is 334 g/mol. The third-order valence-corrected chi connectivity index (χ3v) is 3.90. The van der Waals surface area contributed by atoms with Gasteiger partial charge in [0, 0.05) is 30.4 Å². The first-order chi connectivity index (χ1) is 12.5. The highest BCUT2D eigenvalue weighted by atomic mass is 16.5. The number of ether oxygens (including phenoxy) is 2. The summed E-state index contributed by atoms with van der Waals surface area (Å²) in [5.41, 5.74) is 1.37. The molecule has 0 amide bonds. The van der Waals surface area contributed by atoms with E-state index in [2.05, 4.69) is 0 Å². The molecule has 0 atom stereocenters. The quantitative estimate of drug-likeness (QED) is 0.760. The van der Waals surface area contributed by atoms with Crippen LogP contribution >= 0.6 is 0 Å². The molecule has 0 fully saturated rings. The van der Waals surface area contributed by atoms with Crippen molar-refractivity contribution in [3.63, 3.8) is 0 Å². The van der Waals surface area contributed by atoms with E-state index in [4.69, 9.17) is 14.6 Å². The summed E-state index contributed by atoms with van der Waals surface area (Å²) in [6, 6.07) is 14.9. The van der Waals surface area contributed by atoms with E-state index < -0.39 is 5.97 Å². The molecule has 2 aromatic carbocycles. The molecule has 0 radical (unpaired) electrons. The zero-order valence-electron chi connectivity index (χ0n) is 14.3. The number of methoxy groups -OCH3 is 1. The van der Waals surface area contributed by atoms with E-state index in [1.807, 2.05) is 18.2 Å². The Balaban J connectivity index is 2.08. The molecule has 6 nitrogen and oxygen atoms in total. The molecule has 0 unspecified atom stereocenters. The first kappa shape index (κ1) is 17.3. The third kappa shape index (κ3) is 3.44. The molecule has 0 aliphatic heterocycles. The molecule has 0 spiro atoms. The van der Waals surface area contributed by atoms with E-state index in [-0.39, 0.29) is 11.1 Å². The largest absolute Gasteiger partial charge is 0.496 e. The van der Waals surface area contributed by atoms with Gasteiger partial charge in [0.05, 0.1) is 12.7 Å². The number of para-hydroxylation sites is 1. The molecule has 0 aliphatic carbocycles. The van der Waals surface area contributed by atoms with Gasteiger partial charge >= 0.3 is 5.97 Å². The Morgan fingerprint density at radius 3 is 2.50 bits per heavy atom. The van der Waals surface area contributed by atoms with Gasteiger partial charge in [0.15, 0.2) is 0 Å². The number of carboxylic acid groups (broad SMARTS) is 1. The van der Waals surface area contributed by atoms with E-state index in [9.17, 15) is 9.59 Å². The summed E-state index contributed by atoms with van der Waals surface area (Å²) >= 11 is 0. The zero-order valence-corrected chi connectivity index (χ0v) is 14.3. The number of nitrogens with zero attached hydrogens (tertiary/aromatic N) is 1. The molecule has 1 aromatic heterocycles. The van der Waals surface area contributed by atoms with E-state index >= 15 is 0 Å². The van der Waals surface area contributed by atoms with Crippen LogP contribution in [-0.2, 0) is 7.05 Å². The standard InChI is InChI=1S/C20H17NO5/c1-21-12-16(18(25-2)11-19(21)22)15-8-3-4-9-17(15)26-14-7-5-6-13(10-14)20(23)24/h3-12H,1-2H3,(H,23,24). The number of benzene rings is 2. The molecule has 0 bridgehead atoms. The van der Waals surface area contributed by atoms with Crippen molar-refractivity contribution in [3.05, 3.63) is 76.7 Å². The van der Waals surface area contributed by atoms with Gasteiger partial charge in [-0.15, -0.1) is 0 Å². The number of pyridine rings is 1. The van der Waals surface area contributed by atoms with E-state index in [0.717, 1.165) is 5.56 Å². The molecule has 1 heterocycles. The maximum absolute atomic E-state index is 11.9. The molecule has 3 aromatic rings. The minimum absolute atomic E-state index is 0.139. The van der Waals surface area contributed by atoms with Crippen molar-refractivity contribution in [2.75, 3.05) is 7.11 Å². The molecule has 132 valence electrons. The van der Waals surface area contributed by atoms with Crippen molar-refractivity contribution < 1.29 is 19.4 Å². The number of aromatic nitrogens is 1. The highest BCUT2D eigenvalue weighted by molar-refractivity contribution is 5.88. The smallest absolute Gasteiger partial charge is 0.335 e. The molecule has 0 saturated carbocycles. The lowest BCUT2D eigenvalue weighted by atomic mass is 10.1. The molecule has 26 heavy (non-hydrogen) atoms. The molecule has 1 N–H and O–H groups in total. The second-order valence-corrected chi connectivity index (χ2v) is 5.64. The van der Waals surface area contributed by atoms with Crippen LogP contribution in [0.1, 0.15) is 10.4 Å². The maximum Gasteiger partial charge on any atom is 0.335 e. The van der Waals surface area contributed by atoms with Crippen molar-refractivity contribution in [1.29, 1.82) is 0 Å². The Morgan fingerprint density at radius 2 is 1.77 bits per heavy atom. The number of carbonyl (C=O) groups is 1. The molecule has 0 aliphatic rings. The first-order valence-corrected chi connectivity index (χ1v) is 7.85. The van der Waals surface area contributed by atoms with Crippen LogP contribution in [0.5, 0.6) is 17.2 Å². The fourth-order valence-electron chi connectivity index (χ4n) is 2.58. The Kier molecular flexibility index (Phi) is 4.75. The average molecular weight is 351 g/mol. The van der Waals surface area contributed by atoms with Gasteiger partial charge in [-0.25, -0.2) is 4.79 Å². The van der Waals surface area contributed by atoms with Crippen molar-refractivity contribution >= 4 is 5.97 Å². The van der Waals surface area contributed by atoms with Gasteiger partial charge in [0.2, 0.25) is 0 Å². The van der Waals surface area contributed by atoms with E-state index in [0.29, 0.717) is 22.8 Å². The van der Waals surface area contributed by atoms with Crippen LogP contribution in [0.3, 0.4) is 0 Å². The lowest BCUT2D eigenvalue weighted by molar-refractivity contribution is 0.0696. The van der Waals surface area contributed by atoms with Gasteiger partial charge in [0.25, 0.3) is 5.56 Å². The van der Waals surface area contributed by atoms with Crippen molar-refractivity contribution in [2.45, 2.75) is 0 Å². The lowest BCUT2D eigenvalue weighted by Gasteiger charge is -2.15. The minimum Gasteiger partial charge on any atom is -0.496 e. The van der Waals surface area contributed by atoms with Crippen molar-refractivity contribution in [1.82, 2.24) is 4.57 Å². The predicted octanol–water partition coefficient (Wildman–Crippen LogP) is 3.55. The van der Waals surface area contributed by atoms with Crippen LogP contribution in [0.2, 0.25) is 0 Å². The zero-order chi connectivity index (χ0) is 18.7. The second-order valence-electron chi connectivity index (χ2n) is 5.64. The second kappa shape index (κ2) is 7.14. The SMILES string of the molecule is COc1cc(=O)n(C)cc1-c1ccccc1Oc1cccc(C(=O)O)c1. The monoisotopic (exact) mass is 351 g/mol. The summed E-state index contributed by atoms with van der Waals surface area (Å²) in [5, 5.41) is 9.13. The van der Waals surface area contributed by atoms with Crippen LogP contribution in [0.4, 0.5) is 0 Å². The summed E-state index contributed by atoms with van der Waals surface area (Å²) in [6.07, 6.45) is 1.68. The van der Waals surface area contributed by atoms with Gasteiger partial charge in [-0.1, -0.05) is 24.3 Å². The molecule has 3 rings (SSSR count). The number of aromatic carboxylic acids is 1. The van der Waals surface area contributed by atoms with Crippen LogP contribution in [0.25, 0.3) is 11.1 Å². The van der Waals surface area contributed by atoms with Gasteiger partial charge in [0.1, 0.15) is 17.2 Å². The molecule has 6 heteroatoms. The Hall–Kier alpha value is -3.54. The lowest BCUT2D eigenvalue weighted by Crippen LogP contribution is -2.15. The number of hydrogen-bond donors (Lipinski definition) is 1. The van der Waals surface area contributed by atoms with Gasteiger partial charge in [-0.2, -0.15) is 0 Å².